The molecule has 0 unspecified atom stereocenters. The van der Waals surface area contributed by atoms with E-state index in [1.54, 1.807) is 31.2 Å². The third kappa shape index (κ3) is 3.05. The van der Waals surface area contributed by atoms with Crippen molar-refractivity contribution in [2.24, 2.45) is 16.9 Å². The first kappa shape index (κ1) is 17.3. The lowest BCUT2D eigenvalue weighted by atomic mass is 9.76. The summed E-state index contributed by atoms with van der Waals surface area (Å²) in [4.78, 5) is 13.1. The fourth-order valence-electron chi connectivity index (χ4n) is 3.20. The van der Waals surface area contributed by atoms with Crippen LogP contribution in [0.3, 0.4) is 0 Å². The van der Waals surface area contributed by atoms with Crippen LogP contribution in [0.25, 0.3) is 0 Å². The van der Waals surface area contributed by atoms with Crippen LogP contribution < -0.4 is 5.01 Å². The molecule has 2 aromatic carbocycles. The average molecular weight is 346 g/mol. The van der Waals surface area contributed by atoms with Gasteiger partial charge < -0.3 is 0 Å². The van der Waals surface area contributed by atoms with Crippen molar-refractivity contribution in [2.45, 2.75) is 12.8 Å². The molecule has 0 saturated heterocycles. The summed E-state index contributed by atoms with van der Waals surface area (Å²) in [6.07, 6.45) is 0. The molecule has 3 rings (SSSR count). The van der Waals surface area contributed by atoms with Crippen molar-refractivity contribution in [3.63, 3.8) is 0 Å². The van der Waals surface area contributed by atoms with Crippen molar-refractivity contribution < 1.29 is 9.18 Å². The van der Waals surface area contributed by atoms with E-state index < -0.39 is 23.6 Å². The lowest BCUT2D eigenvalue weighted by Crippen LogP contribution is -2.34. The average Bonchev–Trinajstić information content (AvgIpc) is 2.96. The molecule has 5 nitrogen and oxygen atoms in total. The van der Waals surface area contributed by atoms with Gasteiger partial charge >= 0.3 is 0 Å². The summed E-state index contributed by atoms with van der Waals surface area (Å²) < 4.78 is 13.3. The first-order chi connectivity index (χ1) is 12.6. The predicted octanol–water partition coefficient (Wildman–Crippen LogP) is 3.61. The van der Waals surface area contributed by atoms with Crippen LogP contribution in [0.1, 0.15) is 18.4 Å². The first-order valence-electron chi connectivity index (χ1n) is 8.05. The molecule has 0 aromatic heterocycles. The predicted molar refractivity (Wildman–Crippen MR) is 94.4 cm³/mol. The Morgan fingerprint density at radius 2 is 1.69 bits per heavy atom. The maximum Gasteiger partial charge on any atom is 0.256 e. The van der Waals surface area contributed by atoms with E-state index in [9.17, 15) is 19.7 Å². The molecule has 1 heterocycles. The number of carbonyl (C=O) groups excluding carboxylic acids is 1. The van der Waals surface area contributed by atoms with Gasteiger partial charge in [-0.25, -0.2) is 9.40 Å². The molecule has 1 aliphatic heterocycles. The molecule has 1 aliphatic rings. The zero-order chi connectivity index (χ0) is 18.7. The summed E-state index contributed by atoms with van der Waals surface area (Å²) in [6.45, 7) is 1.70. The smallest absolute Gasteiger partial charge is 0.256 e. The molecule has 0 bridgehead atoms. The molecular formula is C20H15FN4O. The van der Waals surface area contributed by atoms with Gasteiger partial charge in [0.05, 0.1) is 23.7 Å². The quantitative estimate of drug-likeness (QED) is 0.848. The normalized spacial score (nSPS) is 17.6. The molecule has 0 saturated carbocycles. The van der Waals surface area contributed by atoms with Crippen molar-refractivity contribution in [3.05, 3.63) is 66.0 Å². The summed E-state index contributed by atoms with van der Waals surface area (Å²) in [5.74, 6) is -3.28. The summed E-state index contributed by atoms with van der Waals surface area (Å²) in [7, 11) is 0. The van der Waals surface area contributed by atoms with Gasteiger partial charge in [0, 0.05) is 11.6 Å². The van der Waals surface area contributed by atoms with E-state index in [1.807, 2.05) is 18.2 Å². The second kappa shape index (κ2) is 7.16. The molecule has 26 heavy (non-hydrogen) atoms. The minimum Gasteiger partial charge on any atom is -0.272 e. The van der Waals surface area contributed by atoms with Crippen LogP contribution in [0.2, 0.25) is 0 Å². The minimum atomic E-state index is -1.06. The van der Waals surface area contributed by atoms with Crippen LogP contribution >= 0.6 is 0 Å². The number of benzene rings is 2. The Morgan fingerprint density at radius 3 is 2.27 bits per heavy atom. The largest absolute Gasteiger partial charge is 0.272 e. The topological polar surface area (TPSA) is 80.2 Å². The highest BCUT2D eigenvalue weighted by molar-refractivity contribution is 6.15. The van der Waals surface area contributed by atoms with Gasteiger partial charge in [0.1, 0.15) is 11.7 Å². The van der Waals surface area contributed by atoms with Gasteiger partial charge in [0.15, 0.2) is 0 Å². The van der Waals surface area contributed by atoms with Crippen LogP contribution in [-0.4, -0.2) is 11.6 Å². The van der Waals surface area contributed by atoms with Crippen LogP contribution in [0, 0.1) is 40.3 Å². The molecule has 0 aliphatic carbocycles. The fourth-order valence-corrected chi connectivity index (χ4v) is 3.20. The van der Waals surface area contributed by atoms with Gasteiger partial charge in [-0.15, -0.1) is 0 Å². The van der Waals surface area contributed by atoms with Crippen LogP contribution in [0.4, 0.5) is 10.1 Å². The number of halogens is 1. The number of nitrogens with zero attached hydrogens (tertiary/aromatic N) is 4. The molecule has 1 amide bonds. The van der Waals surface area contributed by atoms with E-state index in [-0.39, 0.29) is 5.91 Å². The lowest BCUT2D eigenvalue weighted by Gasteiger charge is -2.24. The standard InChI is InChI=1S/C20H15FN4O/c1-13-18(20(26)25(24-13)17-5-3-2-4-6-17)19(15(11-22)12-23)14-7-9-16(21)10-8-14/h2-10,15,18-19H,1H3/t18-,19-/m0/s1. The van der Waals surface area contributed by atoms with E-state index in [0.29, 0.717) is 17.0 Å². The SMILES string of the molecule is CC1=NN(c2ccccc2)C(=O)[C@@H]1[C@@H](c1ccc(F)cc1)C(C#N)C#N. The highest BCUT2D eigenvalue weighted by Crippen LogP contribution is 2.38. The Hall–Kier alpha value is -3.51. The number of anilines is 1. The number of hydrazone groups is 1. The van der Waals surface area contributed by atoms with Crippen molar-refractivity contribution >= 4 is 17.3 Å². The molecule has 6 heteroatoms. The molecule has 128 valence electrons. The third-order valence-electron chi connectivity index (χ3n) is 4.43. The highest BCUT2D eigenvalue weighted by Gasteiger charge is 2.44. The number of hydrogen-bond acceptors (Lipinski definition) is 4. The second-order valence-electron chi connectivity index (χ2n) is 6.02. The Kier molecular flexibility index (Phi) is 4.77. The Labute approximate surface area is 150 Å². The molecule has 0 fully saturated rings. The van der Waals surface area contributed by atoms with Gasteiger partial charge in [-0.05, 0) is 36.8 Å². The summed E-state index contributed by atoms with van der Waals surface area (Å²) in [6, 6.07) is 18.4. The number of para-hydroxylation sites is 1. The molecule has 0 N–H and O–H groups in total. The minimum absolute atomic E-state index is 0.307. The number of rotatable bonds is 4. The van der Waals surface area contributed by atoms with Gasteiger partial charge in [-0.3, -0.25) is 4.79 Å². The zero-order valence-electron chi connectivity index (χ0n) is 14.0. The highest BCUT2D eigenvalue weighted by atomic mass is 19.1. The van der Waals surface area contributed by atoms with Gasteiger partial charge in [0.2, 0.25) is 0 Å². The molecule has 0 radical (unpaired) electrons. The maximum atomic E-state index is 13.3. The fraction of sp³-hybridized carbons (Fsp3) is 0.200. The third-order valence-corrected chi connectivity index (χ3v) is 4.43. The van der Waals surface area contributed by atoms with Crippen molar-refractivity contribution in [1.29, 1.82) is 10.5 Å². The lowest BCUT2D eigenvalue weighted by molar-refractivity contribution is -0.120. The monoisotopic (exact) mass is 346 g/mol. The maximum absolute atomic E-state index is 13.3. The van der Waals surface area contributed by atoms with Crippen molar-refractivity contribution in [2.75, 3.05) is 5.01 Å². The van der Waals surface area contributed by atoms with E-state index in [1.165, 1.54) is 29.3 Å². The van der Waals surface area contributed by atoms with Crippen LogP contribution in [0.5, 0.6) is 0 Å². The number of amides is 1. The number of hydrogen-bond donors (Lipinski definition) is 0. The molecular weight excluding hydrogens is 331 g/mol. The Morgan fingerprint density at radius 1 is 1.08 bits per heavy atom. The van der Waals surface area contributed by atoms with E-state index in [0.717, 1.165) is 0 Å². The number of carbonyl (C=O) groups is 1. The zero-order valence-corrected chi connectivity index (χ0v) is 14.0. The van der Waals surface area contributed by atoms with Gasteiger partial charge in [-0.1, -0.05) is 30.3 Å². The Balaban J connectivity index is 2.04. The van der Waals surface area contributed by atoms with Crippen LogP contribution in [-0.2, 0) is 4.79 Å². The summed E-state index contributed by atoms with van der Waals surface area (Å²) in [5.41, 5.74) is 1.69. The van der Waals surface area contributed by atoms with E-state index >= 15 is 0 Å². The van der Waals surface area contributed by atoms with Crippen molar-refractivity contribution in [1.82, 2.24) is 0 Å². The van der Waals surface area contributed by atoms with Gasteiger partial charge in [0.25, 0.3) is 5.91 Å². The molecule has 2 atom stereocenters. The molecule has 2 aromatic rings. The second-order valence-corrected chi connectivity index (χ2v) is 6.02. The summed E-state index contributed by atoms with van der Waals surface area (Å²) >= 11 is 0. The number of nitriles is 2. The molecule has 0 spiro atoms. The summed E-state index contributed by atoms with van der Waals surface area (Å²) in [5, 5.41) is 24.5. The van der Waals surface area contributed by atoms with Crippen molar-refractivity contribution in [3.8, 4) is 12.1 Å². The van der Waals surface area contributed by atoms with E-state index in [2.05, 4.69) is 5.10 Å². The van der Waals surface area contributed by atoms with Crippen LogP contribution in [0.15, 0.2) is 59.7 Å². The first-order valence-corrected chi connectivity index (χ1v) is 8.05. The van der Waals surface area contributed by atoms with E-state index in [4.69, 9.17) is 0 Å². The Bertz CT molecular complexity index is 911. The van der Waals surface area contributed by atoms with Gasteiger partial charge in [-0.2, -0.15) is 15.6 Å².